The average Bonchev–Trinajstić information content (AvgIpc) is 2.96. The third-order valence-electron chi connectivity index (χ3n) is 3.76. The van der Waals surface area contributed by atoms with Gasteiger partial charge in [-0.2, -0.15) is 0 Å². The van der Waals surface area contributed by atoms with E-state index in [1.165, 1.54) is 30.6 Å². The molecule has 1 N–H and O–H groups in total. The highest BCUT2D eigenvalue weighted by Gasteiger charge is 2.21. The molecule has 1 aliphatic heterocycles. The quantitative estimate of drug-likeness (QED) is 0.674. The smallest absolute Gasteiger partial charge is 0.413 e. The fourth-order valence-electron chi connectivity index (χ4n) is 2.56. The van der Waals surface area contributed by atoms with Gasteiger partial charge in [-0.1, -0.05) is 23.5 Å². The molecule has 0 unspecified atom stereocenters. The largest absolute Gasteiger partial charge is 0.453 e. The number of non-ortho nitro benzene ring substituents is 1. The molecule has 0 bridgehead atoms. The van der Waals surface area contributed by atoms with Gasteiger partial charge in [0.1, 0.15) is 0 Å². The predicted molar refractivity (Wildman–Crippen MR) is 89.1 cm³/mol. The van der Waals surface area contributed by atoms with Crippen molar-refractivity contribution in [3.05, 3.63) is 50.5 Å². The van der Waals surface area contributed by atoms with E-state index in [0.29, 0.717) is 5.13 Å². The number of ether oxygens (including phenoxy) is 1. The van der Waals surface area contributed by atoms with Gasteiger partial charge in [-0.15, -0.1) is 0 Å². The van der Waals surface area contributed by atoms with Crippen LogP contribution in [0.4, 0.5) is 15.6 Å². The molecule has 0 spiro atoms. The standard InChI is InChI=1S/C15H16N4O4S/c1-23-15(20)17-14-16-12-6-7-18(9-13(12)24-14)8-10-2-4-11(5-3-10)19(21)22/h2-5H,6-9H2,1H3,(H,16,17,20). The predicted octanol–water partition coefficient (Wildman–Crippen LogP) is 2.79. The number of rotatable bonds is 4. The molecule has 1 aliphatic rings. The maximum absolute atomic E-state index is 11.2. The highest BCUT2D eigenvalue weighted by molar-refractivity contribution is 7.15. The normalized spacial score (nSPS) is 14.0. The molecule has 1 aromatic carbocycles. The molecule has 0 saturated heterocycles. The number of benzene rings is 1. The van der Waals surface area contributed by atoms with Crippen LogP contribution in [0.2, 0.25) is 0 Å². The Morgan fingerprint density at radius 2 is 2.21 bits per heavy atom. The molecule has 126 valence electrons. The number of fused-ring (bicyclic) bond motifs is 1. The van der Waals surface area contributed by atoms with Crippen LogP contribution in [0.15, 0.2) is 24.3 Å². The van der Waals surface area contributed by atoms with E-state index in [4.69, 9.17) is 0 Å². The van der Waals surface area contributed by atoms with Crippen molar-refractivity contribution < 1.29 is 14.5 Å². The lowest BCUT2D eigenvalue weighted by Crippen LogP contribution is -2.29. The van der Waals surface area contributed by atoms with Crippen molar-refractivity contribution in [1.82, 2.24) is 9.88 Å². The molecule has 2 heterocycles. The number of hydrogen-bond acceptors (Lipinski definition) is 7. The Hall–Kier alpha value is -2.52. The maximum Gasteiger partial charge on any atom is 0.413 e. The van der Waals surface area contributed by atoms with Gasteiger partial charge >= 0.3 is 6.09 Å². The van der Waals surface area contributed by atoms with Crippen LogP contribution >= 0.6 is 11.3 Å². The molecule has 9 heteroatoms. The van der Waals surface area contributed by atoms with E-state index in [9.17, 15) is 14.9 Å². The number of thiazole rings is 1. The summed E-state index contributed by atoms with van der Waals surface area (Å²) in [7, 11) is 1.31. The van der Waals surface area contributed by atoms with E-state index in [-0.39, 0.29) is 5.69 Å². The Kier molecular flexibility index (Phi) is 4.72. The van der Waals surface area contributed by atoms with Gasteiger partial charge in [-0.25, -0.2) is 9.78 Å². The number of aromatic nitrogens is 1. The molecule has 0 radical (unpaired) electrons. The Bertz CT molecular complexity index is 759. The third kappa shape index (κ3) is 3.69. The summed E-state index contributed by atoms with van der Waals surface area (Å²) in [6, 6.07) is 6.61. The van der Waals surface area contributed by atoms with Crippen LogP contribution in [0, 0.1) is 10.1 Å². The number of nitro groups is 1. The number of nitro benzene ring substituents is 1. The summed E-state index contributed by atoms with van der Waals surface area (Å²) in [5.74, 6) is 0. The van der Waals surface area contributed by atoms with E-state index >= 15 is 0 Å². The topological polar surface area (TPSA) is 97.6 Å². The summed E-state index contributed by atoms with van der Waals surface area (Å²) < 4.78 is 4.57. The summed E-state index contributed by atoms with van der Waals surface area (Å²) in [6.45, 7) is 2.31. The van der Waals surface area contributed by atoms with E-state index in [1.807, 2.05) is 0 Å². The summed E-state index contributed by atoms with van der Waals surface area (Å²) in [5, 5.41) is 13.8. The van der Waals surface area contributed by atoms with E-state index in [1.54, 1.807) is 12.1 Å². The highest BCUT2D eigenvalue weighted by atomic mass is 32.1. The van der Waals surface area contributed by atoms with Crippen LogP contribution in [0.5, 0.6) is 0 Å². The number of methoxy groups -OCH3 is 1. The minimum atomic E-state index is -0.524. The lowest BCUT2D eigenvalue weighted by molar-refractivity contribution is -0.384. The molecule has 0 aliphatic carbocycles. The molecular weight excluding hydrogens is 332 g/mol. The molecule has 0 saturated carbocycles. The Morgan fingerprint density at radius 3 is 2.88 bits per heavy atom. The van der Waals surface area contributed by atoms with Gasteiger partial charge in [-0.05, 0) is 5.56 Å². The fraction of sp³-hybridized carbons (Fsp3) is 0.333. The average molecular weight is 348 g/mol. The highest BCUT2D eigenvalue weighted by Crippen LogP contribution is 2.29. The molecular formula is C15H16N4O4S. The Labute approximate surface area is 142 Å². The second kappa shape index (κ2) is 6.93. The second-order valence-electron chi connectivity index (χ2n) is 5.39. The van der Waals surface area contributed by atoms with Gasteiger partial charge in [-0.3, -0.25) is 20.3 Å². The molecule has 3 rings (SSSR count). The van der Waals surface area contributed by atoms with Crippen molar-refractivity contribution in [3.8, 4) is 0 Å². The maximum atomic E-state index is 11.2. The van der Waals surface area contributed by atoms with E-state index in [0.717, 1.165) is 42.2 Å². The van der Waals surface area contributed by atoms with Gasteiger partial charge < -0.3 is 4.74 Å². The number of carbonyl (C=O) groups excluding carboxylic acids is 1. The lowest BCUT2D eigenvalue weighted by Gasteiger charge is -2.25. The molecule has 1 aromatic heterocycles. The number of nitrogens with zero attached hydrogens (tertiary/aromatic N) is 3. The summed E-state index contributed by atoms with van der Waals surface area (Å²) in [5.41, 5.74) is 2.13. The summed E-state index contributed by atoms with van der Waals surface area (Å²) in [4.78, 5) is 29.3. The molecule has 2 aromatic rings. The van der Waals surface area contributed by atoms with Crippen molar-refractivity contribution in [2.45, 2.75) is 19.5 Å². The van der Waals surface area contributed by atoms with E-state index in [2.05, 4.69) is 19.9 Å². The van der Waals surface area contributed by atoms with Crippen LogP contribution in [-0.2, 0) is 24.2 Å². The first-order valence-corrected chi connectivity index (χ1v) is 8.16. The van der Waals surface area contributed by atoms with Crippen molar-refractivity contribution in [3.63, 3.8) is 0 Å². The molecule has 0 atom stereocenters. The first-order chi connectivity index (χ1) is 11.5. The number of amides is 1. The SMILES string of the molecule is COC(=O)Nc1nc2c(s1)CN(Cc1ccc([N+](=O)[O-])cc1)CC2. The van der Waals surface area contributed by atoms with Crippen LogP contribution in [-0.4, -0.2) is 34.6 Å². The van der Waals surface area contributed by atoms with Gasteiger partial charge in [0.25, 0.3) is 5.69 Å². The zero-order valence-corrected chi connectivity index (χ0v) is 13.8. The molecule has 8 nitrogen and oxygen atoms in total. The van der Waals surface area contributed by atoms with Crippen LogP contribution < -0.4 is 5.32 Å². The number of hydrogen-bond donors (Lipinski definition) is 1. The third-order valence-corrected chi connectivity index (χ3v) is 4.76. The monoisotopic (exact) mass is 348 g/mol. The zero-order valence-electron chi connectivity index (χ0n) is 13.0. The second-order valence-corrected chi connectivity index (χ2v) is 6.47. The first-order valence-electron chi connectivity index (χ1n) is 7.34. The van der Waals surface area contributed by atoms with Crippen molar-refractivity contribution in [2.24, 2.45) is 0 Å². The van der Waals surface area contributed by atoms with Gasteiger partial charge in [0.2, 0.25) is 0 Å². The van der Waals surface area contributed by atoms with Crippen LogP contribution in [0.1, 0.15) is 16.1 Å². The Morgan fingerprint density at radius 1 is 1.46 bits per heavy atom. The van der Waals surface area contributed by atoms with Crippen LogP contribution in [0.3, 0.4) is 0 Å². The van der Waals surface area contributed by atoms with Gasteiger partial charge in [0.15, 0.2) is 5.13 Å². The number of anilines is 1. The minimum absolute atomic E-state index is 0.0978. The lowest BCUT2D eigenvalue weighted by atomic mass is 10.1. The Balaban J connectivity index is 1.64. The fourth-order valence-corrected chi connectivity index (χ4v) is 3.59. The van der Waals surface area contributed by atoms with Crippen LogP contribution in [0.25, 0.3) is 0 Å². The molecule has 0 fully saturated rings. The van der Waals surface area contributed by atoms with Crippen molar-refractivity contribution >= 4 is 28.2 Å². The first kappa shape index (κ1) is 16.3. The van der Waals surface area contributed by atoms with Crippen molar-refractivity contribution in [2.75, 3.05) is 19.0 Å². The number of nitrogens with one attached hydrogen (secondary N) is 1. The minimum Gasteiger partial charge on any atom is -0.453 e. The molecule has 1 amide bonds. The van der Waals surface area contributed by atoms with E-state index < -0.39 is 11.0 Å². The van der Waals surface area contributed by atoms with Gasteiger partial charge in [0.05, 0.1) is 17.7 Å². The van der Waals surface area contributed by atoms with Gasteiger partial charge in [0, 0.05) is 43.1 Å². The van der Waals surface area contributed by atoms with Crippen molar-refractivity contribution in [1.29, 1.82) is 0 Å². The number of carbonyl (C=O) groups is 1. The zero-order chi connectivity index (χ0) is 17.1. The molecule has 24 heavy (non-hydrogen) atoms. The summed E-state index contributed by atoms with van der Waals surface area (Å²) in [6.07, 6.45) is 0.283. The summed E-state index contributed by atoms with van der Waals surface area (Å²) >= 11 is 1.45.